The van der Waals surface area contributed by atoms with Gasteiger partial charge in [-0.05, 0) is 26.2 Å². The standard InChI is InChI=1S/C15H27NO3/c1-3-4-5-6-7-8-11-15(2,14(18)19)13(17)16-12-9-10-12/h12H,3-11H2,1-2H3,(H,16,17)(H,18,19). The summed E-state index contributed by atoms with van der Waals surface area (Å²) in [5.74, 6) is -1.31. The maximum atomic E-state index is 12.0. The van der Waals surface area contributed by atoms with Gasteiger partial charge in [0, 0.05) is 6.04 Å². The Kier molecular flexibility index (Phi) is 6.32. The van der Waals surface area contributed by atoms with Crippen LogP contribution in [0.15, 0.2) is 0 Å². The summed E-state index contributed by atoms with van der Waals surface area (Å²) < 4.78 is 0. The topological polar surface area (TPSA) is 66.4 Å². The van der Waals surface area contributed by atoms with E-state index in [1.54, 1.807) is 6.92 Å². The summed E-state index contributed by atoms with van der Waals surface area (Å²) in [7, 11) is 0. The van der Waals surface area contributed by atoms with Gasteiger partial charge in [0.05, 0.1) is 0 Å². The zero-order valence-electron chi connectivity index (χ0n) is 12.2. The van der Waals surface area contributed by atoms with Gasteiger partial charge in [-0.1, -0.05) is 45.4 Å². The third-order valence-corrected chi connectivity index (χ3v) is 3.92. The lowest BCUT2D eigenvalue weighted by atomic mass is 9.83. The van der Waals surface area contributed by atoms with E-state index in [2.05, 4.69) is 12.2 Å². The van der Waals surface area contributed by atoms with E-state index in [4.69, 9.17) is 0 Å². The second-order valence-electron chi connectivity index (χ2n) is 5.90. The lowest BCUT2D eigenvalue weighted by Crippen LogP contribution is -2.45. The minimum absolute atomic E-state index is 0.218. The number of rotatable bonds is 10. The van der Waals surface area contributed by atoms with Crippen molar-refractivity contribution in [3.8, 4) is 0 Å². The fourth-order valence-corrected chi connectivity index (χ4v) is 2.15. The van der Waals surface area contributed by atoms with Crippen molar-refractivity contribution in [2.24, 2.45) is 5.41 Å². The lowest BCUT2D eigenvalue weighted by Gasteiger charge is -2.23. The molecule has 1 atom stereocenters. The van der Waals surface area contributed by atoms with E-state index < -0.39 is 11.4 Å². The molecule has 4 nitrogen and oxygen atoms in total. The number of carbonyl (C=O) groups excluding carboxylic acids is 1. The Morgan fingerprint density at radius 3 is 2.26 bits per heavy atom. The van der Waals surface area contributed by atoms with Gasteiger partial charge >= 0.3 is 5.97 Å². The number of hydrogen-bond donors (Lipinski definition) is 2. The van der Waals surface area contributed by atoms with Gasteiger partial charge in [0.2, 0.25) is 5.91 Å². The predicted molar refractivity (Wildman–Crippen MR) is 74.9 cm³/mol. The van der Waals surface area contributed by atoms with E-state index in [0.29, 0.717) is 6.42 Å². The molecule has 1 amide bonds. The molecule has 0 aromatic carbocycles. The van der Waals surface area contributed by atoms with Crippen molar-refractivity contribution in [1.82, 2.24) is 5.32 Å². The Hall–Kier alpha value is -1.06. The Labute approximate surface area is 116 Å². The molecule has 1 fully saturated rings. The van der Waals surface area contributed by atoms with Gasteiger partial charge in [-0.3, -0.25) is 9.59 Å². The fourth-order valence-electron chi connectivity index (χ4n) is 2.15. The summed E-state index contributed by atoms with van der Waals surface area (Å²) in [6.07, 6.45) is 9.01. The van der Waals surface area contributed by atoms with Crippen molar-refractivity contribution >= 4 is 11.9 Å². The van der Waals surface area contributed by atoms with Crippen molar-refractivity contribution in [3.05, 3.63) is 0 Å². The van der Waals surface area contributed by atoms with Crippen molar-refractivity contribution in [1.29, 1.82) is 0 Å². The van der Waals surface area contributed by atoms with Crippen LogP contribution in [-0.2, 0) is 9.59 Å². The van der Waals surface area contributed by atoms with Crippen molar-refractivity contribution in [3.63, 3.8) is 0 Å². The van der Waals surface area contributed by atoms with Crippen LogP contribution in [-0.4, -0.2) is 23.0 Å². The molecule has 2 N–H and O–H groups in total. The first-order chi connectivity index (χ1) is 9.00. The van der Waals surface area contributed by atoms with Crippen LogP contribution in [0.1, 0.15) is 71.6 Å². The van der Waals surface area contributed by atoms with Gasteiger partial charge in [-0.25, -0.2) is 0 Å². The molecule has 1 rings (SSSR count). The van der Waals surface area contributed by atoms with Crippen LogP contribution in [0, 0.1) is 5.41 Å². The van der Waals surface area contributed by atoms with Crippen LogP contribution in [0.5, 0.6) is 0 Å². The van der Waals surface area contributed by atoms with Gasteiger partial charge in [0.15, 0.2) is 0 Å². The molecule has 19 heavy (non-hydrogen) atoms. The van der Waals surface area contributed by atoms with Crippen molar-refractivity contribution in [2.75, 3.05) is 0 Å². The second-order valence-corrected chi connectivity index (χ2v) is 5.90. The molecule has 0 bridgehead atoms. The van der Waals surface area contributed by atoms with Gasteiger partial charge < -0.3 is 10.4 Å². The molecule has 0 heterocycles. The molecular formula is C15H27NO3. The fraction of sp³-hybridized carbons (Fsp3) is 0.867. The summed E-state index contributed by atoms with van der Waals surface area (Å²) in [6, 6.07) is 0.218. The van der Waals surface area contributed by atoms with E-state index in [-0.39, 0.29) is 11.9 Å². The van der Waals surface area contributed by atoms with E-state index in [0.717, 1.165) is 32.1 Å². The molecule has 4 heteroatoms. The van der Waals surface area contributed by atoms with Crippen LogP contribution < -0.4 is 5.32 Å². The molecule has 0 spiro atoms. The molecule has 0 aliphatic heterocycles. The van der Waals surface area contributed by atoms with Crippen LogP contribution in [0.4, 0.5) is 0 Å². The molecular weight excluding hydrogens is 242 g/mol. The molecule has 1 aliphatic rings. The number of nitrogens with one attached hydrogen (secondary N) is 1. The zero-order chi connectivity index (χ0) is 14.3. The summed E-state index contributed by atoms with van der Waals surface area (Å²) >= 11 is 0. The van der Waals surface area contributed by atoms with Crippen molar-refractivity contribution < 1.29 is 14.7 Å². The minimum Gasteiger partial charge on any atom is -0.480 e. The lowest BCUT2D eigenvalue weighted by molar-refractivity contribution is -0.155. The van der Waals surface area contributed by atoms with Gasteiger partial charge in [0.1, 0.15) is 5.41 Å². The summed E-state index contributed by atoms with van der Waals surface area (Å²) in [4.78, 5) is 23.4. The molecule has 110 valence electrons. The number of carboxylic acid groups (broad SMARTS) is 1. The number of amides is 1. The smallest absolute Gasteiger partial charge is 0.318 e. The SMILES string of the molecule is CCCCCCCCC(C)(C(=O)O)C(=O)NC1CC1. The first-order valence-corrected chi connectivity index (χ1v) is 7.55. The van der Waals surface area contributed by atoms with Crippen LogP contribution in [0.3, 0.4) is 0 Å². The molecule has 1 saturated carbocycles. The number of unbranched alkanes of at least 4 members (excludes halogenated alkanes) is 5. The Morgan fingerprint density at radius 1 is 1.16 bits per heavy atom. The first-order valence-electron chi connectivity index (χ1n) is 7.55. The van der Waals surface area contributed by atoms with Gasteiger partial charge in [0.25, 0.3) is 0 Å². The highest BCUT2D eigenvalue weighted by molar-refractivity contribution is 6.01. The van der Waals surface area contributed by atoms with Crippen LogP contribution in [0.2, 0.25) is 0 Å². The number of carboxylic acids is 1. The summed E-state index contributed by atoms with van der Waals surface area (Å²) in [5, 5.41) is 12.1. The van der Waals surface area contributed by atoms with E-state index in [1.807, 2.05) is 0 Å². The third kappa shape index (κ3) is 5.21. The number of carbonyl (C=O) groups is 2. The molecule has 0 radical (unpaired) electrons. The molecule has 0 aromatic rings. The average molecular weight is 269 g/mol. The number of hydrogen-bond acceptors (Lipinski definition) is 2. The Morgan fingerprint density at radius 2 is 1.74 bits per heavy atom. The monoisotopic (exact) mass is 269 g/mol. The average Bonchev–Trinajstić information content (AvgIpc) is 3.16. The van der Waals surface area contributed by atoms with E-state index in [9.17, 15) is 14.7 Å². The normalized spacial score (nSPS) is 17.8. The van der Waals surface area contributed by atoms with Gasteiger partial charge in [-0.2, -0.15) is 0 Å². The van der Waals surface area contributed by atoms with Crippen LogP contribution >= 0.6 is 0 Å². The minimum atomic E-state index is -1.26. The maximum absolute atomic E-state index is 12.0. The van der Waals surface area contributed by atoms with Crippen molar-refractivity contribution in [2.45, 2.75) is 77.7 Å². The maximum Gasteiger partial charge on any atom is 0.318 e. The largest absolute Gasteiger partial charge is 0.480 e. The highest BCUT2D eigenvalue weighted by Crippen LogP contribution is 2.28. The third-order valence-electron chi connectivity index (χ3n) is 3.92. The zero-order valence-corrected chi connectivity index (χ0v) is 12.2. The number of aliphatic carboxylic acids is 1. The predicted octanol–water partition coefficient (Wildman–Crippen LogP) is 3.11. The molecule has 0 saturated heterocycles. The van der Waals surface area contributed by atoms with Crippen LogP contribution in [0.25, 0.3) is 0 Å². The molecule has 1 unspecified atom stereocenters. The molecule has 1 aliphatic carbocycles. The summed E-state index contributed by atoms with van der Waals surface area (Å²) in [5.41, 5.74) is -1.26. The Balaban J connectivity index is 2.33. The highest BCUT2D eigenvalue weighted by atomic mass is 16.4. The van der Waals surface area contributed by atoms with Gasteiger partial charge in [-0.15, -0.1) is 0 Å². The second kappa shape index (κ2) is 7.51. The highest BCUT2D eigenvalue weighted by Gasteiger charge is 2.42. The van der Waals surface area contributed by atoms with E-state index in [1.165, 1.54) is 19.3 Å². The quantitative estimate of drug-likeness (QED) is 0.473. The first kappa shape index (κ1) is 16.0. The van der Waals surface area contributed by atoms with E-state index >= 15 is 0 Å². The summed E-state index contributed by atoms with van der Waals surface area (Å²) in [6.45, 7) is 3.73. The Bertz CT molecular complexity index is 313. The molecule has 0 aromatic heterocycles.